The van der Waals surface area contributed by atoms with Crippen LogP contribution in [0.15, 0.2) is 12.1 Å². The van der Waals surface area contributed by atoms with E-state index in [2.05, 4.69) is 4.74 Å². The molecule has 0 radical (unpaired) electrons. The number of hydrogen-bond donors (Lipinski definition) is 2. The highest BCUT2D eigenvalue weighted by Crippen LogP contribution is 2.26. The lowest BCUT2D eigenvalue weighted by atomic mass is 10.1. The van der Waals surface area contributed by atoms with Gasteiger partial charge in [0.25, 0.3) is 0 Å². The van der Waals surface area contributed by atoms with Gasteiger partial charge in [0.2, 0.25) is 0 Å². The first kappa shape index (κ1) is 16.0. The van der Waals surface area contributed by atoms with Crippen molar-refractivity contribution >= 4 is 17.3 Å². The number of hydrogen-bond acceptors (Lipinski definition) is 4. The number of benzene rings is 1. The van der Waals surface area contributed by atoms with E-state index in [4.69, 9.17) is 5.73 Å². The first-order chi connectivity index (χ1) is 9.19. The van der Waals surface area contributed by atoms with Gasteiger partial charge < -0.3 is 15.8 Å². The van der Waals surface area contributed by atoms with Crippen molar-refractivity contribution in [2.24, 2.45) is 0 Å². The van der Waals surface area contributed by atoms with Crippen LogP contribution < -0.4 is 11.1 Å². The third-order valence-electron chi connectivity index (χ3n) is 2.38. The molecule has 0 unspecified atom stereocenters. The highest BCUT2D eigenvalue weighted by atomic mass is 19.3. The minimum atomic E-state index is -4.33. The molecule has 0 spiro atoms. The number of nitrogens with two attached hydrogens (primary N) is 1. The minimum absolute atomic E-state index is 0.263. The van der Waals surface area contributed by atoms with E-state index in [1.807, 2.05) is 5.32 Å². The molecule has 3 N–H and O–H groups in total. The van der Waals surface area contributed by atoms with Crippen LogP contribution >= 0.6 is 0 Å². The lowest BCUT2D eigenvalue weighted by Crippen LogP contribution is -2.35. The predicted octanol–water partition coefficient (Wildman–Crippen LogP) is 2.51. The average molecular weight is 298 g/mol. The molecule has 0 saturated heterocycles. The van der Waals surface area contributed by atoms with Crippen LogP contribution in [-0.4, -0.2) is 32.0 Å². The average Bonchev–Trinajstić information content (AvgIpc) is 2.36. The molecule has 0 bridgehead atoms. The number of esters is 1. The molecule has 112 valence electrons. The summed E-state index contributed by atoms with van der Waals surface area (Å²) in [6.45, 7) is -1.49. The van der Waals surface area contributed by atoms with Crippen molar-refractivity contribution in [3.63, 3.8) is 0 Å². The predicted molar refractivity (Wildman–Crippen MR) is 61.6 cm³/mol. The molecule has 1 aromatic carbocycles. The van der Waals surface area contributed by atoms with Gasteiger partial charge in [0.15, 0.2) is 0 Å². The molecule has 0 heterocycles. The minimum Gasteiger partial charge on any atom is -0.465 e. The molecule has 0 aromatic heterocycles. The molecule has 0 aliphatic carbocycles. The zero-order valence-corrected chi connectivity index (χ0v) is 10.2. The van der Waals surface area contributed by atoms with E-state index in [9.17, 15) is 26.7 Å². The molecule has 1 rings (SSSR count). The third-order valence-corrected chi connectivity index (χ3v) is 2.38. The number of ether oxygens (including phenoxy) is 1. The van der Waals surface area contributed by atoms with E-state index in [0.29, 0.717) is 6.07 Å². The van der Waals surface area contributed by atoms with Crippen LogP contribution in [0.5, 0.6) is 0 Å². The lowest BCUT2D eigenvalue weighted by Gasteiger charge is -2.17. The fourth-order valence-corrected chi connectivity index (χ4v) is 1.30. The molecule has 20 heavy (non-hydrogen) atoms. The SMILES string of the molecule is COC(=O)c1cc(NCC(F)(F)C(F)F)c(F)cc1N. The van der Waals surface area contributed by atoms with Crippen LogP contribution in [0.4, 0.5) is 33.3 Å². The number of rotatable bonds is 5. The summed E-state index contributed by atoms with van der Waals surface area (Å²) in [5, 5.41) is 1.81. The maximum Gasteiger partial charge on any atom is 0.340 e. The van der Waals surface area contributed by atoms with Gasteiger partial charge in [-0.2, -0.15) is 8.78 Å². The van der Waals surface area contributed by atoms with Gasteiger partial charge in [0.1, 0.15) is 5.82 Å². The fourth-order valence-electron chi connectivity index (χ4n) is 1.30. The summed E-state index contributed by atoms with van der Waals surface area (Å²) >= 11 is 0. The van der Waals surface area contributed by atoms with Crippen LogP contribution in [0, 0.1) is 5.82 Å². The van der Waals surface area contributed by atoms with Gasteiger partial charge in [0, 0.05) is 5.69 Å². The Hall–Kier alpha value is -2.06. The summed E-state index contributed by atoms with van der Waals surface area (Å²) < 4.78 is 67.2. The Morgan fingerprint density at radius 3 is 2.55 bits per heavy atom. The largest absolute Gasteiger partial charge is 0.465 e. The molecule has 0 aliphatic rings. The van der Waals surface area contributed by atoms with Crippen molar-refractivity contribution in [3.8, 4) is 0 Å². The molecule has 9 heteroatoms. The van der Waals surface area contributed by atoms with Crippen LogP contribution in [0.1, 0.15) is 10.4 Å². The lowest BCUT2D eigenvalue weighted by molar-refractivity contribution is -0.117. The molecule has 1 aromatic rings. The zero-order valence-electron chi connectivity index (χ0n) is 10.2. The number of halogens is 5. The summed E-state index contributed by atoms with van der Waals surface area (Å²) in [5.41, 5.74) is 4.27. The van der Waals surface area contributed by atoms with E-state index in [-0.39, 0.29) is 11.3 Å². The number of carbonyl (C=O) groups excluding carboxylic acids is 1. The van der Waals surface area contributed by atoms with Gasteiger partial charge in [-0.05, 0) is 12.1 Å². The summed E-state index contributed by atoms with van der Waals surface area (Å²) in [6.07, 6.45) is -3.90. The normalized spacial score (nSPS) is 11.6. The Kier molecular flexibility index (Phi) is 4.74. The number of nitrogen functional groups attached to an aromatic ring is 1. The van der Waals surface area contributed by atoms with Gasteiger partial charge in [-0.1, -0.05) is 0 Å². The van der Waals surface area contributed by atoms with Gasteiger partial charge in [0.05, 0.1) is 24.9 Å². The quantitative estimate of drug-likeness (QED) is 0.498. The van der Waals surface area contributed by atoms with E-state index in [0.717, 1.165) is 13.2 Å². The second-order valence-corrected chi connectivity index (χ2v) is 3.83. The van der Waals surface area contributed by atoms with Crippen molar-refractivity contribution in [2.45, 2.75) is 12.3 Å². The molecular formula is C11H11F5N2O2. The summed E-state index contributed by atoms with van der Waals surface area (Å²) in [4.78, 5) is 11.3. The van der Waals surface area contributed by atoms with Gasteiger partial charge in [-0.15, -0.1) is 0 Å². The van der Waals surface area contributed by atoms with Crippen molar-refractivity contribution in [3.05, 3.63) is 23.5 Å². The highest BCUT2D eigenvalue weighted by molar-refractivity contribution is 5.96. The van der Waals surface area contributed by atoms with Crippen LogP contribution in [0.25, 0.3) is 0 Å². The second-order valence-electron chi connectivity index (χ2n) is 3.83. The zero-order chi connectivity index (χ0) is 15.5. The topological polar surface area (TPSA) is 64.3 Å². The van der Waals surface area contributed by atoms with Crippen LogP contribution in [0.2, 0.25) is 0 Å². The molecule has 0 saturated carbocycles. The second kappa shape index (κ2) is 5.93. The van der Waals surface area contributed by atoms with E-state index < -0.39 is 36.4 Å². The molecule has 4 nitrogen and oxygen atoms in total. The van der Waals surface area contributed by atoms with Crippen molar-refractivity contribution in [2.75, 3.05) is 24.7 Å². The Balaban J connectivity index is 2.99. The molecule has 0 fully saturated rings. The number of anilines is 2. The molecule has 0 aliphatic heterocycles. The Labute approximate surface area is 110 Å². The third kappa shape index (κ3) is 3.49. The van der Waals surface area contributed by atoms with E-state index >= 15 is 0 Å². The first-order valence-corrected chi connectivity index (χ1v) is 5.26. The van der Waals surface area contributed by atoms with Gasteiger partial charge in [-0.25, -0.2) is 18.0 Å². The van der Waals surface area contributed by atoms with E-state index in [1.54, 1.807) is 0 Å². The summed E-state index contributed by atoms with van der Waals surface area (Å²) in [6, 6.07) is 1.52. The number of carbonyl (C=O) groups is 1. The molecule has 0 amide bonds. The molecular weight excluding hydrogens is 287 g/mol. The monoisotopic (exact) mass is 298 g/mol. The van der Waals surface area contributed by atoms with Gasteiger partial charge in [-0.3, -0.25) is 0 Å². The number of methoxy groups -OCH3 is 1. The number of alkyl halides is 4. The maximum atomic E-state index is 13.4. The van der Waals surface area contributed by atoms with Crippen molar-refractivity contribution in [1.29, 1.82) is 0 Å². The van der Waals surface area contributed by atoms with Crippen molar-refractivity contribution in [1.82, 2.24) is 0 Å². The van der Waals surface area contributed by atoms with Crippen molar-refractivity contribution < 1.29 is 31.5 Å². The Morgan fingerprint density at radius 1 is 1.45 bits per heavy atom. The standard InChI is InChI=1S/C11H11F5N2O2/c1-20-9(19)5-2-8(6(12)3-7(5)17)18-4-11(15,16)10(13)14/h2-3,10,18H,4,17H2,1H3. The van der Waals surface area contributed by atoms with Crippen LogP contribution in [0.3, 0.4) is 0 Å². The molecule has 0 atom stereocenters. The summed E-state index contributed by atoms with van der Waals surface area (Å²) in [7, 11) is 1.04. The van der Waals surface area contributed by atoms with E-state index in [1.165, 1.54) is 0 Å². The van der Waals surface area contributed by atoms with Gasteiger partial charge >= 0.3 is 18.3 Å². The maximum absolute atomic E-state index is 13.4. The Morgan fingerprint density at radius 2 is 2.05 bits per heavy atom. The number of nitrogens with one attached hydrogen (secondary N) is 1. The van der Waals surface area contributed by atoms with Crippen LogP contribution in [-0.2, 0) is 4.74 Å². The first-order valence-electron chi connectivity index (χ1n) is 5.26. The highest BCUT2D eigenvalue weighted by Gasteiger charge is 2.40. The smallest absolute Gasteiger partial charge is 0.340 e. The fraction of sp³-hybridized carbons (Fsp3) is 0.364. The summed E-state index contributed by atoms with van der Waals surface area (Å²) in [5.74, 6) is -6.30. The Bertz CT molecular complexity index is 508.